The van der Waals surface area contributed by atoms with Crippen LogP contribution in [0.25, 0.3) is 6.08 Å². The van der Waals surface area contributed by atoms with Crippen LogP contribution in [0.3, 0.4) is 0 Å². The van der Waals surface area contributed by atoms with E-state index in [1.807, 2.05) is 0 Å². The number of hydrogen-bond donors (Lipinski definition) is 1. The molecule has 0 atom stereocenters. The number of nitro benzene ring substituents is 1. The van der Waals surface area contributed by atoms with Crippen LogP contribution in [0.5, 0.6) is 11.5 Å². The molecule has 3 rings (SSSR count). The smallest absolute Gasteiger partial charge is 0.341 e. The maximum atomic E-state index is 12.7. The van der Waals surface area contributed by atoms with Crippen LogP contribution >= 0.6 is 11.8 Å². The quantitative estimate of drug-likeness (QED) is 0.369. The third-order valence-corrected chi connectivity index (χ3v) is 5.11. The number of nitrogens with zero attached hydrogens (tertiary/aromatic N) is 2. The highest BCUT2D eigenvalue weighted by molar-refractivity contribution is 8.18. The van der Waals surface area contributed by atoms with Crippen molar-refractivity contribution in [2.75, 3.05) is 13.7 Å². The van der Waals surface area contributed by atoms with Gasteiger partial charge in [-0.1, -0.05) is 18.2 Å². The average Bonchev–Trinajstić information content (AvgIpc) is 3.00. The molecule has 31 heavy (non-hydrogen) atoms. The van der Waals surface area contributed by atoms with Crippen molar-refractivity contribution >= 4 is 40.6 Å². The van der Waals surface area contributed by atoms with E-state index in [9.17, 15) is 24.5 Å². The molecule has 1 heterocycles. The lowest BCUT2D eigenvalue weighted by Gasteiger charge is -2.12. The molecule has 2 amide bonds. The van der Waals surface area contributed by atoms with Gasteiger partial charge in [0.05, 0.1) is 23.5 Å². The Morgan fingerprint density at radius 2 is 1.90 bits per heavy atom. The lowest BCUT2D eigenvalue weighted by Crippen LogP contribution is -2.27. The number of carboxylic acids is 1. The zero-order chi connectivity index (χ0) is 22.5. The average molecular weight is 444 g/mol. The summed E-state index contributed by atoms with van der Waals surface area (Å²) >= 11 is 0.776. The number of benzene rings is 2. The van der Waals surface area contributed by atoms with Crippen LogP contribution < -0.4 is 9.47 Å². The van der Waals surface area contributed by atoms with Gasteiger partial charge >= 0.3 is 5.97 Å². The van der Waals surface area contributed by atoms with E-state index in [1.54, 1.807) is 12.1 Å². The number of aliphatic carboxylic acids is 1. The molecule has 0 spiro atoms. The zero-order valence-electron chi connectivity index (χ0n) is 16.1. The van der Waals surface area contributed by atoms with E-state index in [0.29, 0.717) is 11.1 Å². The van der Waals surface area contributed by atoms with Gasteiger partial charge in [-0.25, -0.2) is 4.79 Å². The van der Waals surface area contributed by atoms with Gasteiger partial charge in [-0.05, 0) is 41.1 Å². The Kier molecular flexibility index (Phi) is 6.55. The van der Waals surface area contributed by atoms with Gasteiger partial charge in [0.1, 0.15) is 0 Å². The zero-order valence-corrected chi connectivity index (χ0v) is 17.0. The second-order valence-electron chi connectivity index (χ2n) is 6.28. The lowest BCUT2D eigenvalue weighted by molar-refractivity contribution is -0.384. The Labute approximate surface area is 180 Å². The molecule has 1 saturated heterocycles. The van der Waals surface area contributed by atoms with E-state index >= 15 is 0 Å². The van der Waals surface area contributed by atoms with Crippen molar-refractivity contribution in [1.82, 2.24) is 4.90 Å². The molecule has 1 aliphatic rings. The third-order valence-electron chi connectivity index (χ3n) is 4.20. The Balaban J connectivity index is 1.76. The molecule has 0 unspecified atom stereocenters. The summed E-state index contributed by atoms with van der Waals surface area (Å²) in [4.78, 5) is 47.1. The number of nitro groups is 1. The van der Waals surface area contributed by atoms with Crippen molar-refractivity contribution in [2.45, 2.75) is 6.54 Å². The molecular weight excluding hydrogens is 428 g/mol. The monoisotopic (exact) mass is 444 g/mol. The van der Waals surface area contributed by atoms with Gasteiger partial charge in [0, 0.05) is 12.1 Å². The van der Waals surface area contributed by atoms with Crippen molar-refractivity contribution in [3.05, 3.63) is 68.6 Å². The number of rotatable bonds is 8. The van der Waals surface area contributed by atoms with E-state index in [-0.39, 0.29) is 28.6 Å². The number of carboxylic acid groups (broad SMARTS) is 1. The molecule has 0 bridgehead atoms. The predicted octanol–water partition coefficient (Wildman–Crippen LogP) is 3.30. The molecule has 1 fully saturated rings. The fraction of sp³-hybridized carbons (Fsp3) is 0.150. The van der Waals surface area contributed by atoms with Crippen LogP contribution in [0, 0.1) is 10.1 Å². The number of methoxy groups -OCH3 is 1. The molecule has 2 aromatic carbocycles. The fourth-order valence-electron chi connectivity index (χ4n) is 2.73. The Bertz CT molecular complexity index is 1080. The highest BCUT2D eigenvalue weighted by Gasteiger charge is 2.35. The molecular formula is C20H16N2O8S. The standard InChI is InChI=1S/C20H16N2O8S/c1-29-16-8-13(4-7-15(16)30-11-18(23)24)9-17-19(25)21(20(26)31-17)10-12-2-5-14(6-3-12)22(27)28/h2-9H,10-11H2,1H3,(H,23,24)/b17-9+. The van der Waals surface area contributed by atoms with E-state index in [0.717, 1.165) is 16.7 Å². The molecule has 1 aliphatic heterocycles. The van der Waals surface area contributed by atoms with Crippen molar-refractivity contribution in [1.29, 1.82) is 0 Å². The van der Waals surface area contributed by atoms with E-state index in [4.69, 9.17) is 14.6 Å². The van der Waals surface area contributed by atoms with E-state index in [1.165, 1.54) is 43.5 Å². The molecule has 0 radical (unpaired) electrons. The van der Waals surface area contributed by atoms with Crippen LogP contribution in [0.4, 0.5) is 10.5 Å². The van der Waals surface area contributed by atoms with Crippen molar-refractivity contribution in [2.24, 2.45) is 0 Å². The highest BCUT2D eigenvalue weighted by Crippen LogP contribution is 2.35. The van der Waals surface area contributed by atoms with E-state index < -0.39 is 28.6 Å². The minimum Gasteiger partial charge on any atom is -0.493 e. The summed E-state index contributed by atoms with van der Waals surface area (Å²) in [6, 6.07) is 10.3. The van der Waals surface area contributed by atoms with Gasteiger partial charge < -0.3 is 14.6 Å². The maximum absolute atomic E-state index is 12.7. The van der Waals surface area contributed by atoms with Crippen LogP contribution in [-0.2, 0) is 16.1 Å². The van der Waals surface area contributed by atoms with Crippen LogP contribution in [0.1, 0.15) is 11.1 Å². The largest absolute Gasteiger partial charge is 0.493 e. The molecule has 0 aromatic heterocycles. The maximum Gasteiger partial charge on any atom is 0.341 e. The summed E-state index contributed by atoms with van der Waals surface area (Å²) in [6.45, 7) is -0.539. The summed E-state index contributed by atoms with van der Waals surface area (Å²) in [5, 5.41) is 19.0. The summed E-state index contributed by atoms with van der Waals surface area (Å²) in [6.07, 6.45) is 1.52. The van der Waals surface area contributed by atoms with Crippen molar-refractivity contribution in [3.8, 4) is 11.5 Å². The summed E-state index contributed by atoms with van der Waals surface area (Å²) in [5.41, 5.74) is 1.05. The van der Waals surface area contributed by atoms with Crippen LogP contribution in [0.2, 0.25) is 0 Å². The first kappa shape index (κ1) is 21.8. The first-order chi connectivity index (χ1) is 14.8. The number of hydrogen-bond acceptors (Lipinski definition) is 8. The van der Waals surface area contributed by atoms with Crippen LogP contribution in [-0.4, -0.2) is 45.8 Å². The molecule has 11 heteroatoms. The molecule has 0 saturated carbocycles. The lowest BCUT2D eigenvalue weighted by atomic mass is 10.1. The first-order valence-electron chi connectivity index (χ1n) is 8.80. The number of thioether (sulfide) groups is 1. The van der Waals surface area contributed by atoms with Crippen molar-refractivity contribution in [3.63, 3.8) is 0 Å². The van der Waals surface area contributed by atoms with Gasteiger partial charge in [0.15, 0.2) is 18.1 Å². The molecule has 1 N–H and O–H groups in total. The van der Waals surface area contributed by atoms with Crippen molar-refractivity contribution < 1.29 is 33.9 Å². The SMILES string of the molecule is COc1cc(/C=C2/SC(=O)N(Cc3ccc([N+](=O)[O-])cc3)C2=O)ccc1OCC(=O)O. The second kappa shape index (κ2) is 9.30. The third kappa shape index (κ3) is 5.20. The van der Waals surface area contributed by atoms with Crippen LogP contribution in [0.15, 0.2) is 47.4 Å². The summed E-state index contributed by atoms with van der Waals surface area (Å²) < 4.78 is 10.3. The van der Waals surface area contributed by atoms with E-state index in [2.05, 4.69) is 0 Å². The van der Waals surface area contributed by atoms with Gasteiger partial charge in [-0.3, -0.25) is 24.6 Å². The Morgan fingerprint density at radius 3 is 2.52 bits per heavy atom. The number of carbonyl (C=O) groups is 3. The van der Waals surface area contributed by atoms with Gasteiger partial charge in [-0.2, -0.15) is 0 Å². The highest BCUT2D eigenvalue weighted by atomic mass is 32.2. The Hall–Kier alpha value is -3.86. The van der Waals surface area contributed by atoms with Gasteiger partial charge in [-0.15, -0.1) is 0 Å². The minimum absolute atomic E-state index is 0.00864. The summed E-state index contributed by atoms with van der Waals surface area (Å²) in [5.74, 6) is -1.11. The number of imide groups is 1. The number of ether oxygens (including phenoxy) is 2. The topological polar surface area (TPSA) is 136 Å². The molecule has 2 aromatic rings. The number of amides is 2. The second-order valence-corrected chi connectivity index (χ2v) is 7.28. The predicted molar refractivity (Wildman–Crippen MR) is 111 cm³/mol. The summed E-state index contributed by atoms with van der Waals surface area (Å²) in [7, 11) is 1.39. The normalized spacial score (nSPS) is 14.7. The minimum atomic E-state index is -1.13. The first-order valence-corrected chi connectivity index (χ1v) is 9.61. The molecule has 160 valence electrons. The van der Waals surface area contributed by atoms with Gasteiger partial charge in [0.2, 0.25) is 0 Å². The Morgan fingerprint density at radius 1 is 1.19 bits per heavy atom. The molecule has 0 aliphatic carbocycles. The number of carbonyl (C=O) groups excluding carboxylic acids is 2. The molecule has 10 nitrogen and oxygen atoms in total. The number of non-ortho nitro benzene ring substituents is 1. The van der Waals surface area contributed by atoms with Gasteiger partial charge in [0.25, 0.3) is 16.8 Å². The fourth-order valence-corrected chi connectivity index (χ4v) is 3.56.